The predicted molar refractivity (Wildman–Crippen MR) is 94.9 cm³/mol. The summed E-state index contributed by atoms with van der Waals surface area (Å²) < 4.78 is 19.4. The summed E-state index contributed by atoms with van der Waals surface area (Å²) >= 11 is 1.36. The molecule has 3 N–H and O–H groups in total. The van der Waals surface area contributed by atoms with Crippen LogP contribution in [0.2, 0.25) is 0 Å². The Kier molecular flexibility index (Phi) is 5.02. The van der Waals surface area contributed by atoms with Gasteiger partial charge < -0.3 is 10.5 Å². The highest BCUT2D eigenvalue weighted by Crippen LogP contribution is 2.19. The van der Waals surface area contributed by atoms with Crippen molar-refractivity contribution < 1.29 is 9.13 Å². The maximum Gasteiger partial charge on any atom is 0.205 e. The summed E-state index contributed by atoms with van der Waals surface area (Å²) in [5.74, 6) is 0.781. The van der Waals surface area contributed by atoms with E-state index in [2.05, 4.69) is 15.5 Å². The number of anilines is 2. The van der Waals surface area contributed by atoms with Gasteiger partial charge in [-0.1, -0.05) is 30.3 Å². The summed E-state index contributed by atoms with van der Waals surface area (Å²) in [5.41, 5.74) is 9.62. The van der Waals surface area contributed by atoms with Crippen molar-refractivity contribution in [3.05, 3.63) is 70.9 Å². The molecule has 0 atom stereocenters. The van der Waals surface area contributed by atoms with Gasteiger partial charge in [0.1, 0.15) is 24.0 Å². The second-order valence-electron chi connectivity index (χ2n) is 4.87. The molecule has 0 aliphatic carbocycles. The topological polar surface area (TPSA) is 72.5 Å². The number of ether oxygens (including phenoxy) is 1. The third-order valence-corrected chi connectivity index (χ3v) is 3.91. The highest BCUT2D eigenvalue weighted by Gasteiger charge is 2.04. The largest absolute Gasteiger partial charge is 0.488 e. The van der Waals surface area contributed by atoms with Crippen LogP contribution in [-0.2, 0) is 6.61 Å². The van der Waals surface area contributed by atoms with Crippen molar-refractivity contribution in [2.75, 3.05) is 11.2 Å². The van der Waals surface area contributed by atoms with Gasteiger partial charge in [-0.3, -0.25) is 5.43 Å². The summed E-state index contributed by atoms with van der Waals surface area (Å²) in [4.78, 5) is 4.05. The number of hydrogen-bond acceptors (Lipinski definition) is 6. The van der Waals surface area contributed by atoms with Crippen LogP contribution >= 0.6 is 11.3 Å². The van der Waals surface area contributed by atoms with E-state index >= 15 is 0 Å². The number of para-hydroxylation sites is 1. The summed E-state index contributed by atoms with van der Waals surface area (Å²) in [6.07, 6.45) is 1.62. The van der Waals surface area contributed by atoms with Crippen LogP contribution in [0.5, 0.6) is 5.75 Å². The number of rotatable bonds is 6. The van der Waals surface area contributed by atoms with Gasteiger partial charge in [0.15, 0.2) is 0 Å². The number of nitrogens with one attached hydrogen (secondary N) is 1. The maximum absolute atomic E-state index is 13.7. The van der Waals surface area contributed by atoms with Crippen molar-refractivity contribution in [1.82, 2.24) is 4.98 Å². The molecule has 0 saturated heterocycles. The van der Waals surface area contributed by atoms with Crippen LogP contribution in [0, 0.1) is 5.82 Å². The number of halogens is 1. The van der Waals surface area contributed by atoms with E-state index < -0.39 is 0 Å². The molecule has 3 rings (SSSR count). The minimum absolute atomic E-state index is 0.147. The first-order valence-corrected chi connectivity index (χ1v) is 8.05. The van der Waals surface area contributed by atoms with Gasteiger partial charge in [0.05, 0.1) is 6.21 Å². The number of aromatic nitrogens is 1. The van der Waals surface area contributed by atoms with Gasteiger partial charge in [-0.25, -0.2) is 9.37 Å². The lowest BCUT2D eigenvalue weighted by Crippen LogP contribution is -2.01. The quantitative estimate of drug-likeness (QED) is 0.526. The van der Waals surface area contributed by atoms with E-state index in [0.29, 0.717) is 22.3 Å². The molecule has 122 valence electrons. The molecule has 0 saturated carbocycles. The second kappa shape index (κ2) is 7.56. The fourth-order valence-electron chi connectivity index (χ4n) is 1.98. The molecule has 7 heteroatoms. The molecule has 0 radical (unpaired) electrons. The molecular weight excluding hydrogens is 327 g/mol. The molecule has 1 aromatic heterocycles. The van der Waals surface area contributed by atoms with Crippen LogP contribution in [0.4, 0.5) is 15.3 Å². The Labute approximate surface area is 142 Å². The molecule has 0 amide bonds. The second-order valence-corrected chi connectivity index (χ2v) is 5.72. The lowest BCUT2D eigenvalue weighted by molar-refractivity contribution is 0.299. The van der Waals surface area contributed by atoms with Crippen molar-refractivity contribution in [3.8, 4) is 5.75 Å². The number of thiazole rings is 1. The zero-order chi connectivity index (χ0) is 16.8. The van der Waals surface area contributed by atoms with Crippen LogP contribution < -0.4 is 15.9 Å². The van der Waals surface area contributed by atoms with Crippen LogP contribution in [0.25, 0.3) is 0 Å². The predicted octanol–water partition coefficient (Wildman–Crippen LogP) is 3.89. The van der Waals surface area contributed by atoms with Gasteiger partial charge in [-0.05, 0) is 18.2 Å². The summed E-state index contributed by atoms with van der Waals surface area (Å²) in [7, 11) is 0. The molecule has 24 heavy (non-hydrogen) atoms. The van der Waals surface area contributed by atoms with Gasteiger partial charge >= 0.3 is 0 Å². The molecule has 3 aromatic rings. The van der Waals surface area contributed by atoms with E-state index in [1.54, 1.807) is 29.8 Å². The number of hydrazone groups is 1. The summed E-state index contributed by atoms with van der Waals surface area (Å²) in [6, 6.07) is 13.9. The van der Waals surface area contributed by atoms with E-state index in [4.69, 9.17) is 10.5 Å². The van der Waals surface area contributed by atoms with Gasteiger partial charge in [-0.15, -0.1) is 11.3 Å². The molecule has 0 bridgehead atoms. The third-order valence-electron chi connectivity index (χ3n) is 3.15. The Bertz CT molecular complexity index is 850. The van der Waals surface area contributed by atoms with Crippen molar-refractivity contribution in [3.63, 3.8) is 0 Å². The Morgan fingerprint density at radius 1 is 1.21 bits per heavy atom. The van der Waals surface area contributed by atoms with Gasteiger partial charge in [0.2, 0.25) is 5.13 Å². The van der Waals surface area contributed by atoms with E-state index in [0.717, 1.165) is 5.56 Å². The van der Waals surface area contributed by atoms with E-state index in [1.807, 2.05) is 24.3 Å². The summed E-state index contributed by atoms with van der Waals surface area (Å²) in [6.45, 7) is 0.147. The molecule has 0 unspecified atom stereocenters. The molecule has 0 aliphatic rings. The number of nitrogens with zero attached hydrogens (tertiary/aromatic N) is 2. The maximum atomic E-state index is 13.7. The lowest BCUT2D eigenvalue weighted by Gasteiger charge is -2.09. The first-order chi connectivity index (χ1) is 11.7. The number of hydrogen-bond donors (Lipinski definition) is 2. The molecular formula is C17H15FN4OS. The monoisotopic (exact) mass is 342 g/mol. The van der Waals surface area contributed by atoms with Crippen LogP contribution in [0.3, 0.4) is 0 Å². The Morgan fingerprint density at radius 3 is 2.79 bits per heavy atom. The fraction of sp³-hybridized carbons (Fsp3) is 0.0588. The van der Waals surface area contributed by atoms with Gasteiger partial charge in [0.25, 0.3) is 0 Å². The van der Waals surface area contributed by atoms with Crippen LogP contribution in [0.15, 0.2) is 59.0 Å². The number of nitrogen functional groups attached to an aromatic ring is 1. The molecule has 5 nitrogen and oxygen atoms in total. The van der Waals surface area contributed by atoms with E-state index in [9.17, 15) is 4.39 Å². The molecule has 0 fully saturated rings. The zero-order valence-electron chi connectivity index (χ0n) is 12.6. The Balaban J connectivity index is 1.67. The molecule has 1 heterocycles. The molecule has 2 aromatic carbocycles. The Morgan fingerprint density at radius 2 is 2.00 bits per heavy atom. The first-order valence-electron chi connectivity index (χ1n) is 7.17. The average Bonchev–Trinajstić information content (AvgIpc) is 3.00. The van der Waals surface area contributed by atoms with Crippen molar-refractivity contribution >= 4 is 28.5 Å². The standard InChI is InChI=1S/C17H15FN4OS/c18-14-7-3-1-6-13(14)10-23-15-8-4-2-5-12(15)9-20-22-17-21-16(19)11-24-17/h1-9,11H,10,19H2,(H,21,22). The van der Waals surface area contributed by atoms with Crippen LogP contribution in [-0.4, -0.2) is 11.2 Å². The first kappa shape index (κ1) is 15.9. The zero-order valence-corrected chi connectivity index (χ0v) is 13.5. The van der Waals surface area contributed by atoms with Gasteiger partial charge in [-0.2, -0.15) is 5.10 Å². The van der Waals surface area contributed by atoms with Crippen LogP contribution in [0.1, 0.15) is 11.1 Å². The van der Waals surface area contributed by atoms with Crippen molar-refractivity contribution in [2.24, 2.45) is 5.10 Å². The van der Waals surface area contributed by atoms with Crippen molar-refractivity contribution in [1.29, 1.82) is 0 Å². The minimum Gasteiger partial charge on any atom is -0.488 e. The Hall–Kier alpha value is -2.93. The highest BCUT2D eigenvalue weighted by molar-refractivity contribution is 7.14. The highest BCUT2D eigenvalue weighted by atomic mass is 32.1. The average molecular weight is 342 g/mol. The van der Waals surface area contributed by atoms with E-state index in [-0.39, 0.29) is 12.4 Å². The van der Waals surface area contributed by atoms with E-state index in [1.165, 1.54) is 17.4 Å². The normalized spacial score (nSPS) is 10.9. The lowest BCUT2D eigenvalue weighted by atomic mass is 10.2. The SMILES string of the molecule is Nc1csc(NN=Cc2ccccc2OCc2ccccc2F)n1. The molecule has 0 aliphatic heterocycles. The smallest absolute Gasteiger partial charge is 0.205 e. The van der Waals surface area contributed by atoms with Crippen molar-refractivity contribution in [2.45, 2.75) is 6.61 Å². The number of nitrogens with two attached hydrogens (primary N) is 1. The van der Waals surface area contributed by atoms with Gasteiger partial charge in [0, 0.05) is 16.5 Å². The third kappa shape index (κ3) is 4.08. The number of benzene rings is 2. The summed E-state index contributed by atoms with van der Waals surface area (Å²) in [5, 5.41) is 6.45. The molecule has 0 spiro atoms. The fourth-order valence-corrected chi connectivity index (χ4v) is 2.53. The minimum atomic E-state index is -0.285.